The third kappa shape index (κ3) is 8.74. The van der Waals surface area contributed by atoms with Crippen LogP contribution in [-0.4, -0.2) is 39.4 Å². The van der Waals surface area contributed by atoms with Crippen LogP contribution < -0.4 is 9.47 Å². The van der Waals surface area contributed by atoms with Crippen molar-refractivity contribution in [1.82, 2.24) is 0 Å². The SMILES string of the molecule is CCOC(=O)/C(=C/c1ccccc1OC)CC#CC#CC/C(=C\c1ccccc1OC)C(=O)OCC. The first-order chi connectivity index (χ1) is 17.5. The Labute approximate surface area is 212 Å². The fourth-order valence-electron chi connectivity index (χ4n) is 3.13. The Morgan fingerprint density at radius 2 is 1.08 bits per heavy atom. The number of carbonyl (C=O) groups excluding carboxylic acids is 2. The van der Waals surface area contributed by atoms with Gasteiger partial charge in [-0.1, -0.05) is 48.2 Å². The molecule has 0 amide bonds. The van der Waals surface area contributed by atoms with E-state index in [1.807, 2.05) is 48.5 Å². The van der Waals surface area contributed by atoms with E-state index >= 15 is 0 Å². The van der Waals surface area contributed by atoms with Crippen LogP contribution in [0.4, 0.5) is 0 Å². The zero-order valence-corrected chi connectivity index (χ0v) is 21.1. The van der Waals surface area contributed by atoms with Gasteiger partial charge in [-0.2, -0.15) is 0 Å². The van der Waals surface area contributed by atoms with Crippen molar-refractivity contribution < 1.29 is 28.5 Å². The van der Waals surface area contributed by atoms with E-state index in [2.05, 4.69) is 23.7 Å². The molecule has 2 rings (SSSR count). The molecule has 0 aliphatic rings. The molecule has 2 aromatic rings. The molecule has 0 radical (unpaired) electrons. The Kier molecular flexibility index (Phi) is 12.0. The summed E-state index contributed by atoms with van der Waals surface area (Å²) in [6, 6.07) is 14.7. The lowest BCUT2D eigenvalue weighted by Crippen LogP contribution is -2.07. The summed E-state index contributed by atoms with van der Waals surface area (Å²) in [4.78, 5) is 24.8. The van der Waals surface area contributed by atoms with Crippen LogP contribution >= 0.6 is 0 Å². The number of esters is 2. The number of benzene rings is 2. The van der Waals surface area contributed by atoms with Crippen LogP contribution in [0.25, 0.3) is 12.2 Å². The van der Waals surface area contributed by atoms with Crippen molar-refractivity contribution in [2.75, 3.05) is 27.4 Å². The molecule has 0 unspecified atom stereocenters. The van der Waals surface area contributed by atoms with Crippen molar-refractivity contribution in [1.29, 1.82) is 0 Å². The largest absolute Gasteiger partial charge is 0.496 e. The summed E-state index contributed by atoms with van der Waals surface area (Å²) in [5.74, 6) is 11.6. The first-order valence-electron chi connectivity index (χ1n) is 11.5. The first-order valence-corrected chi connectivity index (χ1v) is 11.5. The summed E-state index contributed by atoms with van der Waals surface area (Å²) in [7, 11) is 3.14. The predicted molar refractivity (Wildman–Crippen MR) is 140 cm³/mol. The molecule has 0 saturated heterocycles. The average molecular weight is 487 g/mol. The zero-order valence-electron chi connectivity index (χ0n) is 21.1. The fourth-order valence-corrected chi connectivity index (χ4v) is 3.13. The number of hydrogen-bond donors (Lipinski definition) is 0. The molecule has 0 saturated carbocycles. The quantitative estimate of drug-likeness (QED) is 0.265. The van der Waals surface area contributed by atoms with Crippen molar-refractivity contribution in [3.8, 4) is 35.2 Å². The van der Waals surface area contributed by atoms with Crippen molar-refractivity contribution in [2.45, 2.75) is 26.7 Å². The maximum atomic E-state index is 12.4. The lowest BCUT2D eigenvalue weighted by molar-refractivity contribution is -0.139. The van der Waals surface area contributed by atoms with Gasteiger partial charge < -0.3 is 18.9 Å². The van der Waals surface area contributed by atoms with E-state index in [-0.39, 0.29) is 26.1 Å². The Hall–Kier alpha value is -4.42. The summed E-state index contributed by atoms with van der Waals surface area (Å²) >= 11 is 0. The molecule has 6 nitrogen and oxygen atoms in total. The fraction of sp³-hybridized carbons (Fsp3) is 0.267. The van der Waals surface area contributed by atoms with Crippen LogP contribution in [0.15, 0.2) is 59.7 Å². The van der Waals surface area contributed by atoms with Crippen LogP contribution in [0, 0.1) is 23.7 Å². The molecular formula is C30H30O6. The Bertz CT molecular complexity index is 1130. The van der Waals surface area contributed by atoms with E-state index in [4.69, 9.17) is 18.9 Å². The second kappa shape index (κ2) is 15.5. The van der Waals surface area contributed by atoms with E-state index in [0.717, 1.165) is 11.1 Å². The van der Waals surface area contributed by atoms with Crippen LogP contribution in [0.5, 0.6) is 11.5 Å². The number of carbonyl (C=O) groups is 2. The molecule has 186 valence electrons. The summed E-state index contributed by atoms with van der Waals surface area (Å²) in [6.07, 6.45) is 3.70. The van der Waals surface area contributed by atoms with Crippen LogP contribution in [0.1, 0.15) is 37.8 Å². The molecule has 0 fully saturated rings. The minimum absolute atomic E-state index is 0.146. The highest BCUT2D eigenvalue weighted by atomic mass is 16.5. The van der Waals surface area contributed by atoms with Gasteiger partial charge in [0, 0.05) is 35.1 Å². The minimum atomic E-state index is -0.449. The average Bonchev–Trinajstić information content (AvgIpc) is 2.89. The van der Waals surface area contributed by atoms with Gasteiger partial charge in [-0.3, -0.25) is 0 Å². The van der Waals surface area contributed by atoms with Gasteiger partial charge in [0.15, 0.2) is 0 Å². The Morgan fingerprint density at radius 3 is 1.44 bits per heavy atom. The number of rotatable bonds is 10. The Morgan fingerprint density at radius 1 is 0.694 bits per heavy atom. The van der Waals surface area contributed by atoms with Gasteiger partial charge in [0.1, 0.15) is 11.5 Å². The van der Waals surface area contributed by atoms with Gasteiger partial charge in [-0.05, 0) is 50.0 Å². The van der Waals surface area contributed by atoms with Crippen molar-refractivity contribution >= 4 is 24.1 Å². The highest BCUT2D eigenvalue weighted by Crippen LogP contribution is 2.23. The van der Waals surface area contributed by atoms with Crippen LogP contribution in [0.2, 0.25) is 0 Å². The van der Waals surface area contributed by atoms with E-state index < -0.39 is 11.9 Å². The summed E-state index contributed by atoms with van der Waals surface area (Å²) in [5.41, 5.74) is 2.27. The van der Waals surface area contributed by atoms with Gasteiger partial charge in [0.25, 0.3) is 0 Å². The molecule has 0 aromatic heterocycles. The lowest BCUT2D eigenvalue weighted by Gasteiger charge is -2.07. The maximum Gasteiger partial charge on any atom is 0.334 e. The summed E-state index contributed by atoms with van der Waals surface area (Å²) in [6.45, 7) is 4.00. The van der Waals surface area contributed by atoms with E-state index in [1.165, 1.54) is 0 Å². The molecule has 0 heterocycles. The molecule has 0 spiro atoms. The van der Waals surface area contributed by atoms with Crippen molar-refractivity contribution in [2.24, 2.45) is 0 Å². The van der Waals surface area contributed by atoms with Gasteiger partial charge in [0.05, 0.1) is 27.4 Å². The van der Waals surface area contributed by atoms with Crippen LogP contribution in [-0.2, 0) is 19.1 Å². The number of hydrogen-bond acceptors (Lipinski definition) is 6. The monoisotopic (exact) mass is 486 g/mol. The zero-order chi connectivity index (χ0) is 26.2. The molecule has 2 aromatic carbocycles. The minimum Gasteiger partial charge on any atom is -0.496 e. The molecule has 36 heavy (non-hydrogen) atoms. The van der Waals surface area contributed by atoms with Crippen LogP contribution in [0.3, 0.4) is 0 Å². The molecule has 0 atom stereocenters. The first kappa shape index (κ1) is 27.8. The highest BCUT2D eigenvalue weighted by molar-refractivity contribution is 5.95. The third-order valence-corrected chi connectivity index (χ3v) is 4.81. The maximum absolute atomic E-state index is 12.4. The molecule has 0 aliphatic heterocycles. The number of ether oxygens (including phenoxy) is 4. The third-order valence-electron chi connectivity index (χ3n) is 4.81. The summed E-state index contributed by atoms with van der Waals surface area (Å²) in [5, 5.41) is 0. The van der Waals surface area contributed by atoms with Gasteiger partial charge in [-0.25, -0.2) is 9.59 Å². The van der Waals surface area contributed by atoms with Gasteiger partial charge in [0.2, 0.25) is 0 Å². The Balaban J connectivity index is 2.22. The number of methoxy groups -OCH3 is 2. The molecule has 0 aliphatic carbocycles. The van der Waals surface area contributed by atoms with Crippen molar-refractivity contribution in [3.05, 3.63) is 70.8 Å². The van der Waals surface area contributed by atoms with E-state index in [1.54, 1.807) is 40.2 Å². The lowest BCUT2D eigenvalue weighted by atomic mass is 10.1. The van der Waals surface area contributed by atoms with Gasteiger partial charge >= 0.3 is 11.9 Å². The topological polar surface area (TPSA) is 71.1 Å². The van der Waals surface area contributed by atoms with E-state index in [9.17, 15) is 9.59 Å². The standard InChI is InChI=1S/C30H30O6/c1-5-35-29(31)25(21-23-15-11-13-19-27(23)33-3)17-9-7-8-10-18-26(30(32)36-6-2)22-24-16-12-14-20-28(24)34-4/h11-16,19-22H,5-6,17-18H2,1-4H3/b25-21+,26-22+. The number of para-hydroxylation sites is 2. The van der Waals surface area contributed by atoms with E-state index in [0.29, 0.717) is 22.6 Å². The predicted octanol–water partition coefficient (Wildman–Crippen LogP) is 5.08. The second-order valence-corrected chi connectivity index (χ2v) is 7.22. The normalized spacial score (nSPS) is 10.8. The molecular weight excluding hydrogens is 456 g/mol. The molecule has 0 bridgehead atoms. The molecule has 6 heteroatoms. The smallest absolute Gasteiger partial charge is 0.334 e. The highest BCUT2D eigenvalue weighted by Gasteiger charge is 2.12. The second-order valence-electron chi connectivity index (χ2n) is 7.22. The summed E-state index contributed by atoms with van der Waals surface area (Å²) < 4.78 is 21.0. The molecule has 0 N–H and O–H groups in total. The van der Waals surface area contributed by atoms with Gasteiger partial charge in [-0.15, -0.1) is 0 Å². The van der Waals surface area contributed by atoms with Crippen molar-refractivity contribution in [3.63, 3.8) is 0 Å².